The molecule has 3 rings (SSSR count). The summed E-state index contributed by atoms with van der Waals surface area (Å²) in [5, 5.41) is 2.74. The predicted octanol–water partition coefficient (Wildman–Crippen LogP) is 3.97. The molecule has 6 nitrogen and oxygen atoms in total. The number of carbonyl (C=O) groups excluding carboxylic acids is 2. The maximum Gasteiger partial charge on any atom is 0.254 e. The second kappa shape index (κ2) is 10.7. The maximum absolute atomic E-state index is 12.8. The summed E-state index contributed by atoms with van der Waals surface area (Å²) in [7, 11) is 3.08. The monoisotopic (exact) mass is 428 g/mol. The van der Waals surface area contributed by atoms with Gasteiger partial charge < -0.3 is 19.7 Å². The first-order chi connectivity index (χ1) is 15.5. The fraction of sp³-hybridized carbons (Fsp3) is 0.154. The molecule has 0 unspecified atom stereocenters. The van der Waals surface area contributed by atoms with Crippen LogP contribution in [0.15, 0.2) is 72.8 Å². The smallest absolute Gasteiger partial charge is 0.254 e. The van der Waals surface area contributed by atoms with Gasteiger partial charge in [-0.2, -0.15) is 0 Å². The summed E-state index contributed by atoms with van der Waals surface area (Å²) in [6.07, 6.45) is 5.38. The molecule has 0 fully saturated rings. The van der Waals surface area contributed by atoms with Crippen LogP contribution >= 0.6 is 0 Å². The van der Waals surface area contributed by atoms with E-state index >= 15 is 0 Å². The topological polar surface area (TPSA) is 67.9 Å². The van der Waals surface area contributed by atoms with E-state index in [1.165, 1.54) is 12.0 Å². The van der Waals surface area contributed by atoms with Crippen LogP contribution in [0.3, 0.4) is 0 Å². The molecule has 3 aromatic carbocycles. The third-order valence-corrected chi connectivity index (χ3v) is 4.69. The Hall–Kier alpha value is -4.24. The van der Waals surface area contributed by atoms with Gasteiger partial charge in [-0.3, -0.25) is 9.59 Å². The number of carbonyl (C=O) groups is 2. The summed E-state index contributed by atoms with van der Waals surface area (Å²) in [6.45, 7) is 0.263. The number of hydrogen-bond acceptors (Lipinski definition) is 4. The molecule has 0 saturated heterocycles. The van der Waals surface area contributed by atoms with Crippen molar-refractivity contribution in [3.63, 3.8) is 0 Å². The third kappa shape index (κ3) is 5.89. The Morgan fingerprint density at radius 3 is 2.50 bits per heavy atom. The van der Waals surface area contributed by atoms with Gasteiger partial charge in [0.05, 0.1) is 13.7 Å². The second-order valence-electron chi connectivity index (χ2n) is 7.07. The number of amides is 2. The molecule has 32 heavy (non-hydrogen) atoms. The minimum atomic E-state index is -0.329. The van der Waals surface area contributed by atoms with Gasteiger partial charge in [-0.05, 0) is 42.0 Å². The van der Waals surface area contributed by atoms with E-state index in [0.29, 0.717) is 34.9 Å². The van der Waals surface area contributed by atoms with Crippen molar-refractivity contribution >= 4 is 17.5 Å². The molecule has 2 amide bonds. The molecule has 0 aliphatic rings. The summed E-state index contributed by atoms with van der Waals surface area (Å²) in [5.74, 6) is 2.84. The first-order valence-electron chi connectivity index (χ1n) is 9.97. The number of likely N-dealkylation sites (N-methyl/N-ethyl adjacent to an activating group) is 1. The van der Waals surface area contributed by atoms with Crippen molar-refractivity contribution in [2.75, 3.05) is 26.0 Å². The van der Waals surface area contributed by atoms with Gasteiger partial charge in [-0.1, -0.05) is 42.3 Å². The third-order valence-electron chi connectivity index (χ3n) is 4.69. The van der Waals surface area contributed by atoms with E-state index in [1.54, 1.807) is 49.5 Å². The van der Waals surface area contributed by atoms with Crippen molar-refractivity contribution in [2.24, 2.45) is 0 Å². The van der Waals surface area contributed by atoms with E-state index in [0.717, 1.165) is 5.56 Å². The molecule has 0 radical (unpaired) electrons. The van der Waals surface area contributed by atoms with E-state index in [2.05, 4.69) is 11.2 Å². The van der Waals surface area contributed by atoms with Crippen LogP contribution in [-0.4, -0.2) is 37.4 Å². The van der Waals surface area contributed by atoms with E-state index in [4.69, 9.17) is 15.9 Å². The Kier molecular flexibility index (Phi) is 7.50. The average Bonchev–Trinajstić information content (AvgIpc) is 2.82. The molecule has 3 aromatic rings. The molecule has 0 saturated carbocycles. The largest absolute Gasteiger partial charge is 0.493 e. The van der Waals surface area contributed by atoms with Crippen molar-refractivity contribution in [1.29, 1.82) is 0 Å². The zero-order valence-electron chi connectivity index (χ0n) is 18.0. The molecule has 0 spiro atoms. The van der Waals surface area contributed by atoms with Gasteiger partial charge in [-0.25, -0.2) is 0 Å². The minimum absolute atomic E-state index is 0.117. The normalized spacial score (nSPS) is 10.0. The van der Waals surface area contributed by atoms with Gasteiger partial charge in [0.15, 0.2) is 11.5 Å². The van der Waals surface area contributed by atoms with Crippen LogP contribution in [0.5, 0.6) is 11.5 Å². The van der Waals surface area contributed by atoms with Gasteiger partial charge in [-0.15, -0.1) is 6.42 Å². The van der Waals surface area contributed by atoms with Crippen molar-refractivity contribution in [3.05, 3.63) is 89.5 Å². The zero-order valence-corrected chi connectivity index (χ0v) is 18.0. The predicted molar refractivity (Wildman–Crippen MR) is 124 cm³/mol. The lowest BCUT2D eigenvalue weighted by Gasteiger charge is -2.18. The van der Waals surface area contributed by atoms with Crippen LogP contribution in [0.2, 0.25) is 0 Å². The lowest BCUT2D eigenvalue weighted by atomic mass is 10.1. The standard InChI is InChI=1S/C26H24N2O4/c1-4-19-11-8-12-22(15-19)27-25(29)17-28(2)26(30)21-13-14-23(24(16-21)31-3)32-18-20-9-6-5-7-10-20/h1,5-16H,17-18H2,2-3H3,(H,27,29). The molecular weight excluding hydrogens is 404 g/mol. The van der Waals surface area contributed by atoms with Crippen LogP contribution in [0, 0.1) is 12.3 Å². The molecule has 0 atom stereocenters. The Morgan fingerprint density at radius 1 is 1.00 bits per heavy atom. The Bertz CT molecular complexity index is 1140. The molecule has 0 aliphatic carbocycles. The van der Waals surface area contributed by atoms with Crippen LogP contribution in [-0.2, 0) is 11.4 Å². The number of hydrogen-bond donors (Lipinski definition) is 1. The van der Waals surface area contributed by atoms with E-state index < -0.39 is 0 Å². The maximum atomic E-state index is 12.8. The highest BCUT2D eigenvalue weighted by atomic mass is 16.5. The number of terminal acetylenes is 1. The molecule has 0 aliphatic heterocycles. The molecule has 0 heterocycles. The van der Waals surface area contributed by atoms with E-state index in [1.807, 2.05) is 30.3 Å². The molecule has 0 aromatic heterocycles. The number of nitrogens with zero attached hydrogens (tertiary/aromatic N) is 1. The summed E-state index contributed by atoms with van der Waals surface area (Å²) >= 11 is 0. The Morgan fingerprint density at radius 2 is 1.78 bits per heavy atom. The minimum Gasteiger partial charge on any atom is -0.493 e. The van der Waals surface area contributed by atoms with Gasteiger partial charge in [0, 0.05) is 23.9 Å². The summed E-state index contributed by atoms with van der Waals surface area (Å²) in [4.78, 5) is 26.5. The molecule has 0 bridgehead atoms. The average molecular weight is 428 g/mol. The summed E-state index contributed by atoms with van der Waals surface area (Å²) in [5.41, 5.74) is 2.65. The number of nitrogens with one attached hydrogen (secondary N) is 1. The zero-order chi connectivity index (χ0) is 22.9. The Balaban J connectivity index is 1.62. The molecule has 6 heteroatoms. The van der Waals surface area contributed by atoms with Gasteiger partial charge in [0.25, 0.3) is 5.91 Å². The van der Waals surface area contributed by atoms with Gasteiger partial charge in [0.2, 0.25) is 5.91 Å². The Labute approximate surface area is 187 Å². The molecular formula is C26H24N2O4. The summed E-state index contributed by atoms with van der Waals surface area (Å²) in [6, 6.07) is 21.6. The highest BCUT2D eigenvalue weighted by molar-refractivity contribution is 5.99. The van der Waals surface area contributed by atoms with Crippen LogP contribution in [0.25, 0.3) is 0 Å². The number of rotatable bonds is 8. The van der Waals surface area contributed by atoms with Crippen molar-refractivity contribution in [1.82, 2.24) is 4.90 Å². The first-order valence-corrected chi connectivity index (χ1v) is 9.97. The second-order valence-corrected chi connectivity index (χ2v) is 7.07. The van der Waals surface area contributed by atoms with E-state index in [9.17, 15) is 9.59 Å². The number of ether oxygens (including phenoxy) is 2. The fourth-order valence-electron chi connectivity index (χ4n) is 3.05. The van der Waals surface area contributed by atoms with Crippen LogP contribution in [0.1, 0.15) is 21.5 Å². The quantitative estimate of drug-likeness (QED) is 0.552. The highest BCUT2D eigenvalue weighted by Crippen LogP contribution is 2.29. The van der Waals surface area contributed by atoms with Crippen molar-refractivity contribution < 1.29 is 19.1 Å². The van der Waals surface area contributed by atoms with Crippen molar-refractivity contribution in [3.8, 4) is 23.8 Å². The number of anilines is 1. The van der Waals surface area contributed by atoms with Gasteiger partial charge >= 0.3 is 0 Å². The number of benzene rings is 3. The first kappa shape index (κ1) is 22.4. The molecule has 1 N–H and O–H groups in total. The van der Waals surface area contributed by atoms with E-state index in [-0.39, 0.29) is 18.4 Å². The molecule has 162 valence electrons. The lowest BCUT2D eigenvalue weighted by Crippen LogP contribution is -2.34. The lowest BCUT2D eigenvalue weighted by molar-refractivity contribution is -0.116. The SMILES string of the molecule is C#Cc1cccc(NC(=O)CN(C)C(=O)c2ccc(OCc3ccccc3)c(OC)c2)c1. The van der Waals surface area contributed by atoms with Crippen LogP contribution in [0.4, 0.5) is 5.69 Å². The van der Waals surface area contributed by atoms with Crippen molar-refractivity contribution in [2.45, 2.75) is 6.61 Å². The number of methoxy groups -OCH3 is 1. The summed E-state index contributed by atoms with van der Waals surface area (Å²) < 4.78 is 11.2. The highest BCUT2D eigenvalue weighted by Gasteiger charge is 2.17. The van der Waals surface area contributed by atoms with Crippen LogP contribution < -0.4 is 14.8 Å². The fourth-order valence-corrected chi connectivity index (χ4v) is 3.05. The van der Waals surface area contributed by atoms with Gasteiger partial charge in [0.1, 0.15) is 6.61 Å².